The fourth-order valence-electron chi connectivity index (χ4n) is 3.02. The van der Waals surface area contributed by atoms with E-state index in [4.69, 9.17) is 9.47 Å². The van der Waals surface area contributed by atoms with Gasteiger partial charge in [0.15, 0.2) is 0 Å². The van der Waals surface area contributed by atoms with Crippen LogP contribution in [0, 0.1) is 0 Å². The molecule has 0 saturated heterocycles. The highest BCUT2D eigenvalue weighted by Crippen LogP contribution is 2.22. The molecule has 0 saturated carbocycles. The molecular formula is C23H32N2O3. The quantitative estimate of drug-likeness (QED) is 0.570. The number of carbonyl (C=O) groups is 1. The topological polar surface area (TPSA) is 50.8 Å². The summed E-state index contributed by atoms with van der Waals surface area (Å²) < 4.78 is 10.9. The Hall–Kier alpha value is -2.37. The Morgan fingerprint density at radius 1 is 1.07 bits per heavy atom. The summed E-state index contributed by atoms with van der Waals surface area (Å²) in [5, 5.41) is 3.04. The van der Waals surface area contributed by atoms with E-state index in [1.165, 1.54) is 5.56 Å². The van der Waals surface area contributed by atoms with Crippen LogP contribution >= 0.6 is 0 Å². The third kappa shape index (κ3) is 7.71. The van der Waals surface area contributed by atoms with Crippen molar-refractivity contribution in [3.63, 3.8) is 0 Å². The maximum absolute atomic E-state index is 12.2. The van der Waals surface area contributed by atoms with Crippen LogP contribution < -0.4 is 10.1 Å². The van der Waals surface area contributed by atoms with Crippen molar-refractivity contribution >= 4 is 5.91 Å². The van der Waals surface area contributed by atoms with Crippen molar-refractivity contribution in [2.45, 2.75) is 25.3 Å². The lowest BCUT2D eigenvalue weighted by molar-refractivity contribution is -0.121. The second-order valence-corrected chi connectivity index (χ2v) is 7.01. The van der Waals surface area contributed by atoms with E-state index in [-0.39, 0.29) is 11.9 Å². The first-order valence-electron chi connectivity index (χ1n) is 9.79. The van der Waals surface area contributed by atoms with Crippen LogP contribution in [0.1, 0.15) is 30.0 Å². The average Bonchev–Trinajstić information content (AvgIpc) is 2.71. The number of rotatable bonds is 12. The summed E-state index contributed by atoms with van der Waals surface area (Å²) >= 11 is 0. The van der Waals surface area contributed by atoms with Crippen molar-refractivity contribution < 1.29 is 14.3 Å². The molecule has 2 rings (SSSR count). The highest BCUT2D eigenvalue weighted by atomic mass is 16.5. The molecule has 1 unspecified atom stereocenters. The Morgan fingerprint density at radius 2 is 1.86 bits per heavy atom. The summed E-state index contributed by atoms with van der Waals surface area (Å²) in [5.74, 6) is 0.879. The first kappa shape index (κ1) is 21.9. The van der Waals surface area contributed by atoms with Gasteiger partial charge in [-0.2, -0.15) is 0 Å². The fraction of sp³-hybridized carbons (Fsp3) is 0.435. The van der Waals surface area contributed by atoms with E-state index < -0.39 is 0 Å². The molecule has 152 valence electrons. The van der Waals surface area contributed by atoms with Crippen molar-refractivity contribution in [2.24, 2.45) is 0 Å². The van der Waals surface area contributed by atoms with E-state index in [1.54, 1.807) is 7.11 Å². The van der Waals surface area contributed by atoms with Crippen LogP contribution in [0.3, 0.4) is 0 Å². The number of amides is 1. The van der Waals surface area contributed by atoms with Gasteiger partial charge in [0.2, 0.25) is 5.91 Å². The molecule has 0 radical (unpaired) electrons. The van der Waals surface area contributed by atoms with E-state index in [1.807, 2.05) is 50.5 Å². The average molecular weight is 385 g/mol. The Morgan fingerprint density at radius 3 is 2.57 bits per heavy atom. The van der Waals surface area contributed by atoms with Gasteiger partial charge in [-0.1, -0.05) is 42.5 Å². The summed E-state index contributed by atoms with van der Waals surface area (Å²) in [6, 6.07) is 18.3. The molecule has 5 nitrogen and oxygen atoms in total. The van der Waals surface area contributed by atoms with E-state index in [2.05, 4.69) is 28.4 Å². The Balaban J connectivity index is 1.65. The van der Waals surface area contributed by atoms with Gasteiger partial charge < -0.3 is 19.7 Å². The number of hydrogen-bond donors (Lipinski definition) is 1. The van der Waals surface area contributed by atoms with Gasteiger partial charge in [-0.25, -0.2) is 0 Å². The molecule has 0 aliphatic rings. The largest absolute Gasteiger partial charge is 0.497 e. The number of nitrogens with zero attached hydrogens (tertiary/aromatic N) is 1. The number of methoxy groups -OCH3 is 1. The maximum atomic E-state index is 12.2. The number of likely N-dealkylation sites (N-methyl/N-ethyl adjacent to an activating group) is 1. The monoisotopic (exact) mass is 384 g/mol. The zero-order valence-corrected chi connectivity index (χ0v) is 17.2. The highest BCUT2D eigenvalue weighted by molar-refractivity contribution is 5.75. The van der Waals surface area contributed by atoms with E-state index in [0.29, 0.717) is 26.2 Å². The normalized spacial score (nSPS) is 12.0. The summed E-state index contributed by atoms with van der Waals surface area (Å²) in [6.45, 7) is 1.85. The molecule has 1 amide bonds. The lowest BCUT2D eigenvalue weighted by atomic mass is 10.1. The van der Waals surface area contributed by atoms with E-state index in [9.17, 15) is 4.79 Å². The molecule has 0 spiro atoms. The molecule has 2 aromatic carbocycles. The van der Waals surface area contributed by atoms with Gasteiger partial charge in [0.25, 0.3) is 0 Å². The highest BCUT2D eigenvalue weighted by Gasteiger charge is 2.15. The van der Waals surface area contributed by atoms with Gasteiger partial charge >= 0.3 is 0 Å². The molecule has 1 atom stereocenters. The molecule has 2 aromatic rings. The molecule has 0 fully saturated rings. The molecule has 0 aromatic heterocycles. The Bertz CT molecular complexity index is 704. The third-order valence-corrected chi connectivity index (χ3v) is 4.66. The molecule has 28 heavy (non-hydrogen) atoms. The molecular weight excluding hydrogens is 352 g/mol. The van der Waals surface area contributed by atoms with Crippen LogP contribution in [0.4, 0.5) is 0 Å². The van der Waals surface area contributed by atoms with Gasteiger partial charge in [0.1, 0.15) is 5.75 Å². The lowest BCUT2D eigenvalue weighted by Gasteiger charge is -2.25. The summed E-state index contributed by atoms with van der Waals surface area (Å²) in [7, 11) is 5.68. The zero-order valence-electron chi connectivity index (χ0n) is 17.2. The predicted octanol–water partition coefficient (Wildman–Crippen LogP) is 3.45. The molecule has 0 aliphatic heterocycles. The number of benzene rings is 2. The molecule has 1 N–H and O–H groups in total. The number of carbonyl (C=O) groups excluding carboxylic acids is 1. The lowest BCUT2D eigenvalue weighted by Crippen LogP contribution is -2.34. The number of ether oxygens (including phenoxy) is 2. The smallest absolute Gasteiger partial charge is 0.220 e. The van der Waals surface area contributed by atoms with Crippen LogP contribution in [0.15, 0.2) is 54.6 Å². The van der Waals surface area contributed by atoms with Gasteiger partial charge in [-0.3, -0.25) is 4.79 Å². The SMILES string of the molecule is COc1cccc(C(CNC(=O)CCCOCCc2ccccc2)N(C)C)c1. The van der Waals surface area contributed by atoms with Gasteiger partial charge in [-0.05, 0) is 50.2 Å². The summed E-state index contributed by atoms with van der Waals surface area (Å²) in [5.41, 5.74) is 2.39. The van der Waals surface area contributed by atoms with E-state index in [0.717, 1.165) is 24.2 Å². The minimum absolute atomic E-state index is 0.0569. The van der Waals surface area contributed by atoms with Crippen LogP contribution in [0.25, 0.3) is 0 Å². The minimum Gasteiger partial charge on any atom is -0.497 e. The standard InChI is InChI=1S/C23H32N2O3/c1-25(2)22(20-11-7-12-21(17-20)27-3)18-24-23(26)13-8-15-28-16-14-19-9-5-4-6-10-19/h4-7,9-12,17,22H,8,13-16,18H2,1-3H3,(H,24,26). The third-order valence-electron chi connectivity index (χ3n) is 4.66. The zero-order chi connectivity index (χ0) is 20.2. The molecule has 0 bridgehead atoms. The first-order valence-corrected chi connectivity index (χ1v) is 9.79. The van der Waals surface area contributed by atoms with Crippen molar-refractivity contribution in [1.82, 2.24) is 10.2 Å². The number of nitrogens with one attached hydrogen (secondary N) is 1. The molecule has 0 aliphatic carbocycles. The van der Waals surface area contributed by atoms with Gasteiger partial charge in [0, 0.05) is 19.6 Å². The summed E-state index contributed by atoms with van der Waals surface area (Å²) in [6.07, 6.45) is 2.11. The maximum Gasteiger partial charge on any atom is 0.220 e. The van der Waals surface area contributed by atoms with Crippen LogP contribution in [0.5, 0.6) is 5.75 Å². The second kappa shape index (κ2) is 12.2. The van der Waals surface area contributed by atoms with Crippen LogP contribution in [-0.4, -0.2) is 51.8 Å². The Kier molecular flexibility index (Phi) is 9.52. The van der Waals surface area contributed by atoms with Crippen molar-refractivity contribution in [3.05, 3.63) is 65.7 Å². The second-order valence-electron chi connectivity index (χ2n) is 7.01. The van der Waals surface area contributed by atoms with Crippen molar-refractivity contribution in [2.75, 3.05) is 41.0 Å². The number of hydrogen-bond acceptors (Lipinski definition) is 4. The van der Waals surface area contributed by atoms with Crippen molar-refractivity contribution in [3.8, 4) is 5.75 Å². The van der Waals surface area contributed by atoms with Crippen LogP contribution in [0.2, 0.25) is 0 Å². The fourth-order valence-corrected chi connectivity index (χ4v) is 3.02. The molecule has 0 heterocycles. The Labute approximate surface area is 168 Å². The van der Waals surface area contributed by atoms with Crippen molar-refractivity contribution in [1.29, 1.82) is 0 Å². The van der Waals surface area contributed by atoms with Gasteiger partial charge in [-0.15, -0.1) is 0 Å². The summed E-state index contributed by atoms with van der Waals surface area (Å²) in [4.78, 5) is 14.3. The minimum atomic E-state index is 0.0569. The van der Waals surface area contributed by atoms with Gasteiger partial charge in [0.05, 0.1) is 19.8 Å². The first-order chi connectivity index (χ1) is 13.6. The van der Waals surface area contributed by atoms with Crippen LogP contribution in [-0.2, 0) is 16.0 Å². The predicted molar refractivity (Wildman–Crippen MR) is 113 cm³/mol. The molecule has 5 heteroatoms. The van der Waals surface area contributed by atoms with E-state index >= 15 is 0 Å².